The molecular formula is C22H36ClN3. The molecule has 0 atom stereocenters. The van der Waals surface area contributed by atoms with E-state index in [0.717, 1.165) is 6.42 Å². The lowest BCUT2D eigenvalue weighted by molar-refractivity contribution is 0.370. The van der Waals surface area contributed by atoms with E-state index in [2.05, 4.69) is 63.4 Å². The second-order valence-corrected chi connectivity index (χ2v) is 8.07. The van der Waals surface area contributed by atoms with Crippen LogP contribution in [0.1, 0.15) is 79.9 Å². The number of rotatable bonds is 4. The fourth-order valence-corrected chi connectivity index (χ4v) is 2.13. The van der Waals surface area contributed by atoms with Crippen molar-refractivity contribution in [2.75, 3.05) is 0 Å². The van der Waals surface area contributed by atoms with Gasteiger partial charge < -0.3 is 0 Å². The SMILES string of the molecule is CC.CC(C)C(C)(C)c1cncnc1.CCC(C)(C)c1cncc(Cl)c1. The standard InChI is InChI=1S/C10H14ClN.C10H16N2.C2H6/c1-4-10(2,3)8-5-9(11)7-12-6-8;1-8(2)10(3,4)9-5-11-7-12-6-9;1-2/h5-7H,4H2,1-3H3;5-8H,1-4H3;1-2H3. The van der Waals surface area contributed by atoms with Crippen molar-refractivity contribution in [3.8, 4) is 0 Å². The molecule has 146 valence electrons. The van der Waals surface area contributed by atoms with Gasteiger partial charge in [0.15, 0.2) is 0 Å². The van der Waals surface area contributed by atoms with E-state index in [1.165, 1.54) is 11.1 Å². The molecule has 4 heteroatoms. The summed E-state index contributed by atoms with van der Waals surface area (Å²) in [5.74, 6) is 0.600. The van der Waals surface area contributed by atoms with E-state index in [1.807, 2.05) is 38.5 Å². The Morgan fingerprint density at radius 3 is 1.81 bits per heavy atom. The van der Waals surface area contributed by atoms with Gasteiger partial charge in [-0.05, 0) is 40.4 Å². The highest BCUT2D eigenvalue weighted by Gasteiger charge is 2.24. The molecule has 0 radical (unpaired) electrons. The van der Waals surface area contributed by atoms with Crippen molar-refractivity contribution in [2.45, 2.75) is 79.6 Å². The summed E-state index contributed by atoms with van der Waals surface area (Å²) in [4.78, 5) is 12.1. The molecular weight excluding hydrogens is 342 g/mol. The van der Waals surface area contributed by atoms with Crippen LogP contribution in [0.25, 0.3) is 0 Å². The maximum Gasteiger partial charge on any atom is 0.115 e. The number of pyridine rings is 1. The molecule has 2 aromatic rings. The van der Waals surface area contributed by atoms with Crippen LogP contribution >= 0.6 is 11.6 Å². The first kappa shape index (κ1) is 24.5. The molecule has 26 heavy (non-hydrogen) atoms. The maximum absolute atomic E-state index is 5.85. The number of hydrogen-bond acceptors (Lipinski definition) is 3. The minimum Gasteiger partial charge on any atom is -0.263 e. The molecule has 2 rings (SSSR count). The molecule has 0 aliphatic rings. The van der Waals surface area contributed by atoms with Gasteiger partial charge >= 0.3 is 0 Å². The van der Waals surface area contributed by atoms with Crippen molar-refractivity contribution in [2.24, 2.45) is 5.92 Å². The lowest BCUT2D eigenvalue weighted by Crippen LogP contribution is -2.24. The average Bonchev–Trinajstić information content (AvgIpc) is 2.64. The topological polar surface area (TPSA) is 38.7 Å². The minimum atomic E-state index is 0.168. The molecule has 3 nitrogen and oxygen atoms in total. The Labute approximate surface area is 165 Å². The third-order valence-electron chi connectivity index (χ3n) is 5.12. The molecule has 0 aliphatic carbocycles. The Bertz CT molecular complexity index is 622. The number of aromatic nitrogens is 3. The Morgan fingerprint density at radius 1 is 0.885 bits per heavy atom. The first-order valence-corrected chi connectivity index (χ1v) is 9.85. The van der Waals surface area contributed by atoms with Gasteiger partial charge in [0.2, 0.25) is 0 Å². The normalized spacial score (nSPS) is 11.2. The highest BCUT2D eigenvalue weighted by molar-refractivity contribution is 6.30. The van der Waals surface area contributed by atoms with E-state index in [9.17, 15) is 0 Å². The largest absolute Gasteiger partial charge is 0.263 e. The molecule has 2 heterocycles. The van der Waals surface area contributed by atoms with Crippen LogP contribution < -0.4 is 0 Å². The van der Waals surface area contributed by atoms with Crippen LogP contribution in [-0.4, -0.2) is 15.0 Å². The first-order chi connectivity index (χ1) is 12.1. The molecule has 0 unspecified atom stereocenters. The Morgan fingerprint density at radius 2 is 1.38 bits per heavy atom. The molecule has 0 aliphatic heterocycles. The van der Waals surface area contributed by atoms with E-state index in [4.69, 9.17) is 11.6 Å². The molecule has 0 saturated heterocycles. The second-order valence-electron chi connectivity index (χ2n) is 7.63. The van der Waals surface area contributed by atoms with Crippen molar-refractivity contribution in [3.63, 3.8) is 0 Å². The monoisotopic (exact) mass is 377 g/mol. The predicted octanol–water partition coefficient (Wildman–Crippen LogP) is 6.86. The Balaban J connectivity index is 0.000000439. The van der Waals surface area contributed by atoms with E-state index in [0.29, 0.717) is 10.9 Å². The highest BCUT2D eigenvalue weighted by Crippen LogP contribution is 2.30. The summed E-state index contributed by atoms with van der Waals surface area (Å²) < 4.78 is 0. The summed E-state index contributed by atoms with van der Waals surface area (Å²) in [5, 5.41) is 0.717. The molecule has 0 N–H and O–H groups in total. The van der Waals surface area contributed by atoms with E-state index >= 15 is 0 Å². The molecule has 0 aromatic carbocycles. The smallest absolute Gasteiger partial charge is 0.115 e. The van der Waals surface area contributed by atoms with Gasteiger partial charge in [-0.3, -0.25) is 4.98 Å². The Hall–Kier alpha value is -1.48. The minimum absolute atomic E-state index is 0.168. The second kappa shape index (κ2) is 11.3. The van der Waals surface area contributed by atoms with Gasteiger partial charge in [0, 0.05) is 24.8 Å². The lowest BCUT2D eigenvalue weighted by atomic mass is 9.76. The van der Waals surface area contributed by atoms with Crippen LogP contribution in [0.15, 0.2) is 37.2 Å². The van der Waals surface area contributed by atoms with Crippen molar-refractivity contribution in [1.29, 1.82) is 0 Å². The molecule has 2 aromatic heterocycles. The molecule has 0 saturated carbocycles. The van der Waals surface area contributed by atoms with Gasteiger partial charge in [0.1, 0.15) is 6.33 Å². The molecule has 0 fully saturated rings. The Kier molecular flexibility index (Phi) is 10.6. The lowest BCUT2D eigenvalue weighted by Gasteiger charge is -2.28. The van der Waals surface area contributed by atoms with Gasteiger partial charge in [-0.15, -0.1) is 0 Å². The van der Waals surface area contributed by atoms with Crippen LogP contribution in [0.4, 0.5) is 0 Å². The van der Waals surface area contributed by atoms with Crippen LogP contribution in [0.5, 0.6) is 0 Å². The summed E-state index contributed by atoms with van der Waals surface area (Å²) in [6, 6.07) is 1.98. The van der Waals surface area contributed by atoms with E-state index in [1.54, 1.807) is 12.5 Å². The molecule has 0 spiro atoms. The molecule has 0 bridgehead atoms. The summed E-state index contributed by atoms with van der Waals surface area (Å²) in [6.07, 6.45) is 10.0. The van der Waals surface area contributed by atoms with Gasteiger partial charge in [0.05, 0.1) is 5.02 Å². The quantitative estimate of drug-likeness (QED) is 0.584. The third kappa shape index (κ3) is 7.41. The zero-order chi connectivity index (χ0) is 20.4. The number of nitrogens with zero attached hydrogens (tertiary/aromatic N) is 3. The van der Waals surface area contributed by atoms with Crippen molar-refractivity contribution in [1.82, 2.24) is 15.0 Å². The van der Waals surface area contributed by atoms with Gasteiger partial charge in [-0.1, -0.05) is 73.9 Å². The fraction of sp³-hybridized carbons (Fsp3) is 0.591. The van der Waals surface area contributed by atoms with E-state index < -0.39 is 0 Å². The summed E-state index contributed by atoms with van der Waals surface area (Å²) in [6.45, 7) is 19.4. The zero-order valence-corrected chi connectivity index (χ0v) is 18.7. The van der Waals surface area contributed by atoms with Gasteiger partial charge in [-0.2, -0.15) is 0 Å². The summed E-state index contributed by atoms with van der Waals surface area (Å²) >= 11 is 5.85. The third-order valence-corrected chi connectivity index (χ3v) is 5.32. The van der Waals surface area contributed by atoms with Crippen LogP contribution in [0, 0.1) is 5.92 Å². The fourth-order valence-electron chi connectivity index (χ4n) is 1.95. The van der Waals surface area contributed by atoms with Gasteiger partial charge in [-0.25, -0.2) is 9.97 Å². The van der Waals surface area contributed by atoms with E-state index in [-0.39, 0.29) is 10.8 Å². The van der Waals surface area contributed by atoms with Crippen LogP contribution in [-0.2, 0) is 10.8 Å². The van der Waals surface area contributed by atoms with Crippen LogP contribution in [0.2, 0.25) is 5.02 Å². The van der Waals surface area contributed by atoms with Crippen molar-refractivity contribution in [3.05, 3.63) is 53.3 Å². The average molecular weight is 378 g/mol. The summed E-state index contributed by atoms with van der Waals surface area (Å²) in [5.41, 5.74) is 2.76. The number of hydrogen-bond donors (Lipinski definition) is 0. The molecule has 0 amide bonds. The predicted molar refractivity (Wildman–Crippen MR) is 114 cm³/mol. The number of halogens is 1. The van der Waals surface area contributed by atoms with Gasteiger partial charge in [0.25, 0.3) is 0 Å². The van der Waals surface area contributed by atoms with Crippen molar-refractivity contribution < 1.29 is 0 Å². The maximum atomic E-state index is 5.85. The highest BCUT2D eigenvalue weighted by atomic mass is 35.5. The van der Waals surface area contributed by atoms with Crippen LogP contribution in [0.3, 0.4) is 0 Å². The summed E-state index contributed by atoms with van der Waals surface area (Å²) in [7, 11) is 0. The zero-order valence-electron chi connectivity index (χ0n) is 18.0. The first-order valence-electron chi connectivity index (χ1n) is 9.47. The van der Waals surface area contributed by atoms with Crippen molar-refractivity contribution >= 4 is 11.6 Å².